The summed E-state index contributed by atoms with van der Waals surface area (Å²) < 4.78 is 32.2. The minimum atomic E-state index is -0.662. The number of aromatic nitrogens is 3. The Hall–Kier alpha value is -2.93. The number of benzene rings is 2. The van der Waals surface area contributed by atoms with Crippen LogP contribution in [0.1, 0.15) is 11.3 Å². The van der Waals surface area contributed by atoms with Crippen molar-refractivity contribution in [3.63, 3.8) is 0 Å². The van der Waals surface area contributed by atoms with Gasteiger partial charge in [-0.2, -0.15) is 0 Å². The summed E-state index contributed by atoms with van der Waals surface area (Å²) in [6, 6.07) is 12.2. The number of hydrogen-bond donors (Lipinski definition) is 0. The fourth-order valence-corrected chi connectivity index (χ4v) is 4.03. The zero-order valence-electron chi connectivity index (χ0n) is 16.2. The summed E-state index contributed by atoms with van der Waals surface area (Å²) in [6.07, 6.45) is 3.38. The molecule has 4 aromatic rings. The molecule has 0 spiro atoms. The van der Waals surface area contributed by atoms with Gasteiger partial charge in [-0.05, 0) is 30.9 Å². The third-order valence-electron chi connectivity index (χ3n) is 5.10. The number of halogens is 2. The Kier molecular flexibility index (Phi) is 5.00. The Balaban J connectivity index is 2.00. The topological polar surface area (TPSA) is 39.8 Å². The first kappa shape index (κ1) is 19.4. The zero-order valence-corrected chi connectivity index (χ0v) is 17.1. The summed E-state index contributed by atoms with van der Waals surface area (Å²) in [5.74, 6) is -1.32. The lowest BCUT2D eigenvalue weighted by molar-refractivity contribution is 0.537. The summed E-state index contributed by atoms with van der Waals surface area (Å²) in [6.45, 7) is 1.66. The van der Waals surface area contributed by atoms with Crippen LogP contribution in [-0.2, 0) is 13.6 Å². The maximum Gasteiger partial charge on any atom is 0.329 e. The quantitative estimate of drug-likeness (QED) is 0.455. The third kappa shape index (κ3) is 3.25. The predicted octanol–water partition coefficient (Wildman–Crippen LogP) is 4.76. The van der Waals surface area contributed by atoms with Crippen LogP contribution >= 0.6 is 11.8 Å². The molecule has 0 saturated carbocycles. The van der Waals surface area contributed by atoms with Crippen LogP contribution in [0.3, 0.4) is 0 Å². The Labute approximate surface area is 170 Å². The molecule has 0 amide bonds. The largest absolute Gasteiger partial charge is 0.329 e. The first-order chi connectivity index (χ1) is 13.9. The molecule has 29 heavy (non-hydrogen) atoms. The summed E-state index contributed by atoms with van der Waals surface area (Å²) in [5, 5.41) is 0. The highest BCUT2D eigenvalue weighted by Crippen LogP contribution is 2.31. The predicted molar refractivity (Wildman–Crippen MR) is 112 cm³/mol. The molecule has 0 fully saturated rings. The van der Waals surface area contributed by atoms with Crippen LogP contribution in [0.2, 0.25) is 0 Å². The number of pyridine rings is 1. The molecule has 0 saturated heterocycles. The van der Waals surface area contributed by atoms with Gasteiger partial charge in [-0.3, -0.25) is 14.1 Å². The average Bonchev–Trinajstić information content (AvgIpc) is 2.95. The summed E-state index contributed by atoms with van der Waals surface area (Å²) >= 11 is 1.26. The second kappa shape index (κ2) is 7.48. The van der Waals surface area contributed by atoms with Crippen LogP contribution in [0.4, 0.5) is 8.78 Å². The molecule has 0 aliphatic carbocycles. The molecule has 4 nitrogen and oxygen atoms in total. The summed E-state index contributed by atoms with van der Waals surface area (Å²) in [7, 11) is 1.64. The summed E-state index contributed by atoms with van der Waals surface area (Å²) in [5.41, 5.74) is 3.15. The van der Waals surface area contributed by atoms with Crippen molar-refractivity contribution in [2.24, 2.45) is 7.05 Å². The minimum absolute atomic E-state index is 0.133. The SMILES string of the molecule is CSc1cc(F)c(Cn2c(=O)n(C)c3cnc(C)c(-c4ccccc4)c32)c(F)c1. The molecule has 2 aromatic heterocycles. The van der Waals surface area contributed by atoms with Crippen molar-refractivity contribution in [3.8, 4) is 11.1 Å². The van der Waals surface area contributed by atoms with E-state index in [1.54, 1.807) is 19.5 Å². The zero-order chi connectivity index (χ0) is 20.7. The van der Waals surface area contributed by atoms with Crippen molar-refractivity contribution in [1.82, 2.24) is 14.1 Å². The van der Waals surface area contributed by atoms with E-state index in [0.29, 0.717) is 15.9 Å². The second-order valence-corrected chi connectivity index (χ2v) is 7.70. The maximum absolute atomic E-state index is 14.6. The standard InChI is InChI=1S/C22H19F2N3OS/c1-13-20(14-7-5-4-6-8-14)21-19(11-25-13)26(2)22(28)27(21)12-16-17(23)9-15(29-3)10-18(16)24/h4-11H,12H2,1-3H3. The van der Waals surface area contributed by atoms with Gasteiger partial charge in [0.05, 0.1) is 23.8 Å². The van der Waals surface area contributed by atoms with Gasteiger partial charge >= 0.3 is 5.69 Å². The van der Waals surface area contributed by atoms with E-state index < -0.39 is 11.6 Å². The number of aryl methyl sites for hydroxylation is 2. The van der Waals surface area contributed by atoms with Crippen molar-refractivity contribution in [1.29, 1.82) is 0 Å². The highest BCUT2D eigenvalue weighted by molar-refractivity contribution is 7.98. The Morgan fingerprint density at radius 2 is 1.76 bits per heavy atom. The van der Waals surface area contributed by atoms with E-state index in [1.807, 2.05) is 37.3 Å². The average molecular weight is 411 g/mol. The molecule has 148 valence electrons. The fraction of sp³-hybridized carbons (Fsp3) is 0.182. The number of hydrogen-bond acceptors (Lipinski definition) is 3. The van der Waals surface area contributed by atoms with Crippen molar-refractivity contribution >= 4 is 22.8 Å². The van der Waals surface area contributed by atoms with Crippen molar-refractivity contribution in [3.05, 3.63) is 82.0 Å². The fourth-order valence-electron chi connectivity index (χ4n) is 3.59. The van der Waals surface area contributed by atoms with Gasteiger partial charge in [0, 0.05) is 28.8 Å². The number of rotatable bonds is 4. The highest BCUT2D eigenvalue weighted by Gasteiger charge is 2.21. The molecular weight excluding hydrogens is 392 g/mol. The third-order valence-corrected chi connectivity index (χ3v) is 5.81. The van der Waals surface area contributed by atoms with Gasteiger partial charge in [0.15, 0.2) is 0 Å². The number of thioether (sulfide) groups is 1. The molecule has 2 aromatic carbocycles. The van der Waals surface area contributed by atoms with Gasteiger partial charge in [-0.25, -0.2) is 13.6 Å². The second-order valence-electron chi connectivity index (χ2n) is 6.82. The smallest absolute Gasteiger partial charge is 0.293 e. The molecule has 2 heterocycles. The lowest BCUT2D eigenvalue weighted by Crippen LogP contribution is -2.23. The van der Waals surface area contributed by atoms with Gasteiger partial charge in [0.1, 0.15) is 11.6 Å². The molecule has 0 radical (unpaired) electrons. The van der Waals surface area contributed by atoms with Gasteiger partial charge in [0.25, 0.3) is 0 Å². The number of nitrogens with zero attached hydrogens (tertiary/aromatic N) is 3. The first-order valence-electron chi connectivity index (χ1n) is 9.04. The normalized spacial score (nSPS) is 11.3. The van der Waals surface area contributed by atoms with Crippen LogP contribution in [0, 0.1) is 18.6 Å². The van der Waals surface area contributed by atoms with Crippen molar-refractivity contribution < 1.29 is 8.78 Å². The lowest BCUT2D eigenvalue weighted by Gasteiger charge is -2.12. The number of imidazole rings is 1. The van der Waals surface area contributed by atoms with E-state index in [9.17, 15) is 13.6 Å². The highest BCUT2D eigenvalue weighted by atomic mass is 32.2. The van der Waals surface area contributed by atoms with E-state index in [1.165, 1.54) is 33.0 Å². The molecule has 0 bridgehead atoms. The lowest BCUT2D eigenvalue weighted by atomic mass is 10.0. The molecule has 4 rings (SSSR count). The molecule has 0 aliphatic rings. The van der Waals surface area contributed by atoms with Crippen LogP contribution in [-0.4, -0.2) is 20.4 Å². The first-order valence-corrected chi connectivity index (χ1v) is 10.3. The van der Waals surface area contributed by atoms with Crippen LogP contribution in [0.25, 0.3) is 22.2 Å². The van der Waals surface area contributed by atoms with Gasteiger partial charge < -0.3 is 0 Å². The minimum Gasteiger partial charge on any atom is -0.293 e. The van der Waals surface area contributed by atoms with E-state index in [0.717, 1.165) is 16.8 Å². The molecular formula is C22H19F2N3OS. The summed E-state index contributed by atoms with van der Waals surface area (Å²) in [4.78, 5) is 17.9. The molecule has 0 N–H and O–H groups in total. The maximum atomic E-state index is 14.6. The Morgan fingerprint density at radius 1 is 1.10 bits per heavy atom. The molecule has 0 atom stereocenters. The molecule has 0 unspecified atom stereocenters. The van der Waals surface area contributed by atoms with Crippen molar-refractivity contribution in [2.45, 2.75) is 18.4 Å². The van der Waals surface area contributed by atoms with E-state index >= 15 is 0 Å². The van der Waals surface area contributed by atoms with Gasteiger partial charge in [-0.1, -0.05) is 30.3 Å². The van der Waals surface area contributed by atoms with E-state index in [4.69, 9.17) is 0 Å². The Bertz CT molecular complexity index is 1260. The van der Waals surface area contributed by atoms with Gasteiger partial charge in [0.2, 0.25) is 0 Å². The van der Waals surface area contributed by atoms with Crippen LogP contribution in [0.5, 0.6) is 0 Å². The van der Waals surface area contributed by atoms with Gasteiger partial charge in [-0.15, -0.1) is 11.8 Å². The van der Waals surface area contributed by atoms with E-state index in [-0.39, 0.29) is 17.8 Å². The van der Waals surface area contributed by atoms with Crippen molar-refractivity contribution in [2.75, 3.05) is 6.26 Å². The monoisotopic (exact) mass is 411 g/mol. The molecule has 7 heteroatoms. The van der Waals surface area contributed by atoms with E-state index in [2.05, 4.69) is 4.98 Å². The Morgan fingerprint density at radius 3 is 2.38 bits per heavy atom. The van der Waals surface area contributed by atoms with Crippen LogP contribution < -0.4 is 5.69 Å². The number of fused-ring (bicyclic) bond motifs is 1. The van der Waals surface area contributed by atoms with Crippen LogP contribution in [0.15, 0.2) is 58.4 Å². The molecule has 0 aliphatic heterocycles.